The Bertz CT molecular complexity index is 1720. The molecule has 0 bridgehead atoms. The van der Waals surface area contributed by atoms with Gasteiger partial charge in [-0.2, -0.15) is 0 Å². The van der Waals surface area contributed by atoms with Crippen LogP contribution in [0.3, 0.4) is 0 Å². The van der Waals surface area contributed by atoms with Gasteiger partial charge in [-0.15, -0.1) is 0 Å². The molecule has 7 nitrogen and oxygen atoms in total. The van der Waals surface area contributed by atoms with Gasteiger partial charge in [0.2, 0.25) is 11.8 Å². The van der Waals surface area contributed by atoms with Crippen molar-refractivity contribution < 1.29 is 18.0 Å². The number of carbonyl (C=O) groups is 2. The van der Waals surface area contributed by atoms with Crippen LogP contribution in [0.15, 0.2) is 102 Å². The van der Waals surface area contributed by atoms with Gasteiger partial charge in [0.1, 0.15) is 12.6 Å². The predicted molar refractivity (Wildman–Crippen MR) is 181 cm³/mol. The maximum absolute atomic E-state index is 14.6. The van der Waals surface area contributed by atoms with Crippen molar-refractivity contribution in [1.29, 1.82) is 0 Å². The van der Waals surface area contributed by atoms with E-state index in [0.29, 0.717) is 5.69 Å². The monoisotopic (exact) mass is 625 g/mol. The van der Waals surface area contributed by atoms with Crippen molar-refractivity contribution in [3.63, 3.8) is 0 Å². The van der Waals surface area contributed by atoms with Crippen LogP contribution in [-0.4, -0.2) is 43.8 Å². The van der Waals surface area contributed by atoms with Crippen molar-refractivity contribution in [2.24, 2.45) is 0 Å². The summed E-state index contributed by atoms with van der Waals surface area (Å²) in [5.41, 5.74) is 5.81. The highest BCUT2D eigenvalue weighted by Crippen LogP contribution is 2.27. The van der Waals surface area contributed by atoms with Gasteiger partial charge in [0.25, 0.3) is 10.0 Å². The Kier molecular flexibility index (Phi) is 10.8. The fourth-order valence-electron chi connectivity index (χ4n) is 5.40. The van der Waals surface area contributed by atoms with Crippen LogP contribution < -0.4 is 9.62 Å². The number of nitrogens with zero attached hydrogens (tertiary/aromatic N) is 2. The minimum Gasteiger partial charge on any atom is -0.352 e. The van der Waals surface area contributed by atoms with E-state index in [9.17, 15) is 18.0 Å². The highest BCUT2D eigenvalue weighted by atomic mass is 32.2. The number of amides is 2. The SMILES string of the molecule is Cc1ccc(S(=O)(=O)N(CC(=O)N(Cc2cccc(C)c2)[C@@H](Cc2ccccc2)C(=O)NC(C)C)c2cc(C)cc(C)c2)cc1. The number of nitrogens with one attached hydrogen (secondary N) is 1. The van der Waals surface area contributed by atoms with E-state index in [4.69, 9.17) is 0 Å². The van der Waals surface area contributed by atoms with Crippen LogP contribution >= 0.6 is 0 Å². The molecule has 0 aromatic heterocycles. The Balaban J connectivity index is 1.83. The van der Waals surface area contributed by atoms with E-state index in [1.54, 1.807) is 36.4 Å². The zero-order chi connectivity index (χ0) is 32.7. The summed E-state index contributed by atoms with van der Waals surface area (Å²) in [6.45, 7) is 11.1. The van der Waals surface area contributed by atoms with Crippen LogP contribution in [0.5, 0.6) is 0 Å². The van der Waals surface area contributed by atoms with Gasteiger partial charge < -0.3 is 10.2 Å². The maximum atomic E-state index is 14.6. The van der Waals surface area contributed by atoms with Crippen LogP contribution in [0, 0.1) is 27.7 Å². The number of aryl methyl sites for hydroxylation is 4. The van der Waals surface area contributed by atoms with Crippen molar-refractivity contribution in [2.75, 3.05) is 10.8 Å². The van der Waals surface area contributed by atoms with Gasteiger partial charge in [0.05, 0.1) is 10.6 Å². The van der Waals surface area contributed by atoms with Crippen LogP contribution in [0.4, 0.5) is 5.69 Å². The Morgan fingerprint density at radius 2 is 1.33 bits per heavy atom. The van der Waals surface area contributed by atoms with E-state index >= 15 is 0 Å². The zero-order valence-electron chi connectivity index (χ0n) is 26.9. The van der Waals surface area contributed by atoms with E-state index in [2.05, 4.69) is 5.32 Å². The summed E-state index contributed by atoms with van der Waals surface area (Å²) in [6, 6.07) is 28.4. The van der Waals surface area contributed by atoms with Crippen LogP contribution in [0.2, 0.25) is 0 Å². The zero-order valence-corrected chi connectivity index (χ0v) is 27.8. The van der Waals surface area contributed by atoms with Crippen molar-refractivity contribution in [2.45, 2.75) is 71.5 Å². The van der Waals surface area contributed by atoms with Gasteiger partial charge in [-0.1, -0.05) is 83.9 Å². The van der Waals surface area contributed by atoms with Crippen molar-refractivity contribution >= 4 is 27.5 Å². The van der Waals surface area contributed by atoms with E-state index < -0.39 is 28.5 Å². The number of hydrogen-bond acceptors (Lipinski definition) is 4. The lowest BCUT2D eigenvalue weighted by Gasteiger charge is -2.34. The molecular formula is C37H43N3O4S. The van der Waals surface area contributed by atoms with Gasteiger partial charge in [0, 0.05) is 19.0 Å². The molecule has 4 rings (SSSR count). The molecule has 0 saturated heterocycles. The highest BCUT2D eigenvalue weighted by molar-refractivity contribution is 7.92. The molecule has 0 fully saturated rings. The fourth-order valence-corrected chi connectivity index (χ4v) is 6.80. The molecule has 0 aliphatic carbocycles. The molecule has 8 heteroatoms. The largest absolute Gasteiger partial charge is 0.352 e. The summed E-state index contributed by atoms with van der Waals surface area (Å²) in [7, 11) is -4.15. The van der Waals surface area contributed by atoms with Gasteiger partial charge >= 0.3 is 0 Å². The quantitative estimate of drug-likeness (QED) is 0.201. The topological polar surface area (TPSA) is 86.8 Å². The highest BCUT2D eigenvalue weighted by Gasteiger charge is 2.35. The first kappa shape index (κ1) is 33.5. The molecule has 0 saturated carbocycles. The number of anilines is 1. The third kappa shape index (κ3) is 8.82. The molecule has 0 aliphatic rings. The fraction of sp³-hybridized carbons (Fsp3) is 0.297. The van der Waals surface area contributed by atoms with E-state index in [-0.39, 0.29) is 29.8 Å². The average molecular weight is 626 g/mol. The first-order chi connectivity index (χ1) is 21.3. The average Bonchev–Trinajstić information content (AvgIpc) is 2.97. The third-order valence-electron chi connectivity index (χ3n) is 7.52. The Labute approximate surface area is 268 Å². The summed E-state index contributed by atoms with van der Waals surface area (Å²) >= 11 is 0. The second-order valence-corrected chi connectivity index (χ2v) is 13.9. The normalized spacial score (nSPS) is 12.1. The number of benzene rings is 4. The summed E-state index contributed by atoms with van der Waals surface area (Å²) in [6.07, 6.45) is 0.269. The lowest BCUT2D eigenvalue weighted by molar-refractivity contribution is -0.140. The number of hydrogen-bond donors (Lipinski definition) is 1. The Morgan fingerprint density at radius 3 is 1.93 bits per heavy atom. The van der Waals surface area contributed by atoms with E-state index in [0.717, 1.165) is 33.4 Å². The van der Waals surface area contributed by atoms with Gasteiger partial charge in [-0.05, 0) is 88.1 Å². The van der Waals surface area contributed by atoms with Crippen molar-refractivity contribution in [3.05, 3.63) is 130 Å². The molecule has 0 unspecified atom stereocenters. The predicted octanol–water partition coefficient (Wildman–Crippen LogP) is 6.28. The molecular weight excluding hydrogens is 582 g/mol. The number of rotatable bonds is 12. The van der Waals surface area contributed by atoms with Crippen molar-refractivity contribution in [1.82, 2.24) is 10.2 Å². The van der Waals surface area contributed by atoms with Crippen molar-refractivity contribution in [3.8, 4) is 0 Å². The molecule has 0 radical (unpaired) electrons. The van der Waals surface area contributed by atoms with Crippen LogP contribution in [0.1, 0.15) is 47.2 Å². The molecule has 236 valence electrons. The lowest BCUT2D eigenvalue weighted by atomic mass is 10.0. The van der Waals surface area contributed by atoms with Gasteiger partial charge in [0.15, 0.2) is 0 Å². The first-order valence-electron chi connectivity index (χ1n) is 15.2. The lowest BCUT2D eigenvalue weighted by Crippen LogP contribution is -2.54. The minimum atomic E-state index is -4.15. The second-order valence-electron chi connectivity index (χ2n) is 12.1. The summed E-state index contributed by atoms with van der Waals surface area (Å²) in [5, 5.41) is 2.99. The molecule has 1 atom stereocenters. The molecule has 1 N–H and O–H groups in total. The molecule has 0 heterocycles. The third-order valence-corrected chi connectivity index (χ3v) is 9.31. The second kappa shape index (κ2) is 14.6. The van der Waals surface area contributed by atoms with E-state index in [1.165, 1.54) is 9.21 Å². The summed E-state index contributed by atoms with van der Waals surface area (Å²) in [4.78, 5) is 30.0. The molecule has 45 heavy (non-hydrogen) atoms. The molecule has 0 spiro atoms. The number of sulfonamides is 1. The maximum Gasteiger partial charge on any atom is 0.264 e. The molecule has 2 amide bonds. The molecule has 4 aromatic rings. The summed E-state index contributed by atoms with van der Waals surface area (Å²) < 4.78 is 29.7. The Morgan fingerprint density at radius 1 is 0.711 bits per heavy atom. The Hall–Kier alpha value is -4.43. The van der Waals surface area contributed by atoms with Gasteiger partial charge in [-0.3, -0.25) is 13.9 Å². The minimum absolute atomic E-state index is 0.0867. The summed E-state index contributed by atoms with van der Waals surface area (Å²) in [5.74, 6) is -0.777. The molecule has 0 aliphatic heterocycles. The number of carbonyl (C=O) groups excluding carboxylic acids is 2. The smallest absolute Gasteiger partial charge is 0.264 e. The van der Waals surface area contributed by atoms with Crippen LogP contribution in [-0.2, 0) is 32.6 Å². The first-order valence-corrected chi connectivity index (χ1v) is 16.6. The van der Waals surface area contributed by atoms with Gasteiger partial charge in [-0.25, -0.2) is 8.42 Å². The van der Waals surface area contributed by atoms with Crippen LogP contribution in [0.25, 0.3) is 0 Å². The standard InChI is InChI=1S/C37H43N3O4S/c1-26(2)38-37(42)35(23-31-12-8-7-9-13-31)39(24-32-14-10-11-28(4)20-32)36(41)25-40(33-21-29(5)19-30(6)22-33)45(43,44)34-17-15-27(3)16-18-34/h7-22,26,35H,23-25H2,1-6H3,(H,38,42)/t35-/m0/s1. The van der Waals surface area contributed by atoms with E-state index in [1.807, 2.05) is 102 Å². The molecule has 4 aromatic carbocycles.